The third-order valence-electron chi connectivity index (χ3n) is 3.22. The predicted octanol–water partition coefficient (Wildman–Crippen LogP) is 1.63. The molecule has 0 amide bonds. The van der Waals surface area contributed by atoms with Gasteiger partial charge >= 0.3 is 5.97 Å². The number of hydrogen-bond donors (Lipinski definition) is 2. The highest BCUT2D eigenvalue weighted by Gasteiger charge is 2.16. The molecule has 0 aromatic heterocycles. The molecule has 2 rings (SSSR count). The Kier molecular flexibility index (Phi) is 5.71. The second-order valence-corrected chi connectivity index (χ2v) is 6.58. The van der Waals surface area contributed by atoms with Gasteiger partial charge in [-0.2, -0.15) is 0 Å². The molecule has 0 saturated carbocycles. The number of nitrogens with two attached hydrogens (primary N) is 1. The summed E-state index contributed by atoms with van der Waals surface area (Å²) in [5, 5.41) is 0. The van der Waals surface area contributed by atoms with Crippen LogP contribution in [0, 0.1) is 0 Å². The first kappa shape index (κ1) is 18.4. The molecule has 0 fully saturated rings. The van der Waals surface area contributed by atoms with Crippen LogP contribution in [0.5, 0.6) is 11.5 Å². The van der Waals surface area contributed by atoms with Gasteiger partial charge in [0, 0.05) is 6.07 Å². The van der Waals surface area contributed by atoms with Crippen molar-refractivity contribution < 1.29 is 27.4 Å². The predicted molar refractivity (Wildman–Crippen MR) is 92.2 cm³/mol. The summed E-state index contributed by atoms with van der Waals surface area (Å²) in [7, 11) is -1.09. The fourth-order valence-corrected chi connectivity index (χ4v) is 2.97. The minimum Gasteiger partial charge on any atom is -0.497 e. The summed E-state index contributed by atoms with van der Waals surface area (Å²) in [6, 6.07) is 10.2. The summed E-state index contributed by atoms with van der Waals surface area (Å²) >= 11 is 0. The van der Waals surface area contributed by atoms with Crippen LogP contribution in [-0.2, 0) is 19.6 Å². The number of anilines is 2. The first-order valence-electron chi connectivity index (χ1n) is 7.11. The van der Waals surface area contributed by atoms with Crippen LogP contribution in [0.15, 0.2) is 47.4 Å². The fourth-order valence-electron chi connectivity index (χ4n) is 1.88. The number of methoxy groups -OCH3 is 2. The lowest BCUT2D eigenvalue weighted by atomic mass is 10.2. The lowest BCUT2D eigenvalue weighted by molar-refractivity contribution is -0.142. The zero-order valence-electron chi connectivity index (χ0n) is 13.7. The quantitative estimate of drug-likeness (QED) is 0.565. The number of carbonyl (C=O) groups is 1. The van der Waals surface area contributed by atoms with Gasteiger partial charge in [0.25, 0.3) is 10.0 Å². The molecule has 0 radical (unpaired) electrons. The van der Waals surface area contributed by atoms with Crippen molar-refractivity contribution in [1.82, 2.24) is 0 Å². The SMILES string of the molecule is COC(=O)COc1ccc(S(=O)(=O)Nc2ccc(OC)cc2N)cc1. The minimum atomic E-state index is -3.83. The number of nitrogen functional groups attached to an aromatic ring is 1. The topological polar surface area (TPSA) is 117 Å². The molecule has 134 valence electrons. The standard InChI is InChI=1S/C16H18N2O6S/c1-22-12-5-8-15(14(17)9-12)18-25(20,21)13-6-3-11(4-7-13)24-10-16(19)23-2/h3-9,18H,10,17H2,1-2H3. The Morgan fingerprint density at radius 2 is 1.72 bits per heavy atom. The Balaban J connectivity index is 2.12. The van der Waals surface area contributed by atoms with Crippen LogP contribution in [0.1, 0.15) is 0 Å². The zero-order valence-corrected chi connectivity index (χ0v) is 14.5. The molecule has 8 nitrogen and oxygen atoms in total. The number of nitrogens with one attached hydrogen (secondary N) is 1. The summed E-state index contributed by atoms with van der Waals surface area (Å²) in [5.74, 6) is 0.328. The molecule has 0 aliphatic carbocycles. The summed E-state index contributed by atoms with van der Waals surface area (Å²) in [6.07, 6.45) is 0. The van der Waals surface area contributed by atoms with Crippen LogP contribution in [-0.4, -0.2) is 35.2 Å². The van der Waals surface area contributed by atoms with E-state index in [4.69, 9.17) is 15.2 Å². The maximum atomic E-state index is 12.4. The second-order valence-electron chi connectivity index (χ2n) is 4.89. The number of sulfonamides is 1. The average molecular weight is 366 g/mol. The van der Waals surface area contributed by atoms with Gasteiger partial charge < -0.3 is 19.9 Å². The molecule has 25 heavy (non-hydrogen) atoms. The van der Waals surface area contributed by atoms with Gasteiger partial charge in [-0.05, 0) is 36.4 Å². The third-order valence-corrected chi connectivity index (χ3v) is 4.60. The van der Waals surface area contributed by atoms with Crippen molar-refractivity contribution in [3.63, 3.8) is 0 Å². The smallest absolute Gasteiger partial charge is 0.343 e. The van der Waals surface area contributed by atoms with Crippen molar-refractivity contribution >= 4 is 27.4 Å². The van der Waals surface area contributed by atoms with Crippen molar-refractivity contribution in [3.8, 4) is 11.5 Å². The molecule has 0 bridgehead atoms. The first-order chi connectivity index (χ1) is 11.9. The van der Waals surface area contributed by atoms with E-state index in [9.17, 15) is 13.2 Å². The molecule has 9 heteroatoms. The first-order valence-corrected chi connectivity index (χ1v) is 8.60. The van der Waals surface area contributed by atoms with Gasteiger partial charge in [-0.25, -0.2) is 13.2 Å². The van der Waals surface area contributed by atoms with Crippen LogP contribution in [0.25, 0.3) is 0 Å². The van der Waals surface area contributed by atoms with E-state index >= 15 is 0 Å². The third kappa shape index (κ3) is 4.77. The maximum absolute atomic E-state index is 12.4. The Hall–Kier alpha value is -2.94. The Morgan fingerprint density at radius 1 is 1.08 bits per heavy atom. The van der Waals surface area contributed by atoms with Crippen LogP contribution in [0.3, 0.4) is 0 Å². The van der Waals surface area contributed by atoms with E-state index in [1.54, 1.807) is 6.07 Å². The summed E-state index contributed by atoms with van der Waals surface area (Å²) in [5.41, 5.74) is 6.30. The minimum absolute atomic E-state index is 0.0214. The number of hydrogen-bond acceptors (Lipinski definition) is 7. The van der Waals surface area contributed by atoms with E-state index in [1.807, 2.05) is 0 Å². The zero-order chi connectivity index (χ0) is 18.4. The van der Waals surface area contributed by atoms with Gasteiger partial charge in [-0.1, -0.05) is 0 Å². The van der Waals surface area contributed by atoms with Gasteiger partial charge in [0.15, 0.2) is 6.61 Å². The largest absolute Gasteiger partial charge is 0.497 e. The van der Waals surface area contributed by atoms with Crippen molar-refractivity contribution in [2.45, 2.75) is 4.90 Å². The van der Waals surface area contributed by atoms with Crippen molar-refractivity contribution in [1.29, 1.82) is 0 Å². The highest BCUT2D eigenvalue weighted by Crippen LogP contribution is 2.27. The lowest BCUT2D eigenvalue weighted by Crippen LogP contribution is -2.14. The molecule has 0 aliphatic heterocycles. The monoisotopic (exact) mass is 366 g/mol. The second kappa shape index (κ2) is 7.75. The van der Waals surface area contributed by atoms with Crippen LogP contribution >= 0.6 is 0 Å². The van der Waals surface area contributed by atoms with E-state index in [2.05, 4.69) is 9.46 Å². The number of benzene rings is 2. The molecule has 0 spiro atoms. The molecule has 0 aliphatic rings. The average Bonchev–Trinajstić information content (AvgIpc) is 2.61. The maximum Gasteiger partial charge on any atom is 0.343 e. The van der Waals surface area contributed by atoms with Gasteiger partial charge in [-0.3, -0.25) is 4.72 Å². The van der Waals surface area contributed by atoms with Gasteiger partial charge in [0.1, 0.15) is 11.5 Å². The molecule has 2 aromatic rings. The molecule has 3 N–H and O–H groups in total. The fraction of sp³-hybridized carbons (Fsp3) is 0.188. The molecule has 2 aromatic carbocycles. The number of carbonyl (C=O) groups excluding carboxylic acids is 1. The molecule has 0 saturated heterocycles. The molecular weight excluding hydrogens is 348 g/mol. The Labute approximate surface area is 145 Å². The van der Waals surface area contributed by atoms with Gasteiger partial charge in [0.2, 0.25) is 0 Å². The normalized spacial score (nSPS) is 10.8. The number of ether oxygens (including phenoxy) is 3. The van der Waals surface area contributed by atoms with Crippen LogP contribution < -0.4 is 19.9 Å². The Morgan fingerprint density at radius 3 is 2.28 bits per heavy atom. The van der Waals surface area contributed by atoms with E-state index < -0.39 is 16.0 Å². The Bertz CT molecular complexity index is 849. The number of esters is 1. The highest BCUT2D eigenvalue weighted by molar-refractivity contribution is 7.92. The van der Waals surface area contributed by atoms with E-state index in [1.165, 1.54) is 50.6 Å². The van der Waals surface area contributed by atoms with Crippen LogP contribution in [0.2, 0.25) is 0 Å². The van der Waals surface area contributed by atoms with Crippen molar-refractivity contribution in [2.75, 3.05) is 31.3 Å². The van der Waals surface area contributed by atoms with E-state index in [0.29, 0.717) is 11.5 Å². The highest BCUT2D eigenvalue weighted by atomic mass is 32.2. The molecular formula is C16H18N2O6S. The molecule has 0 atom stereocenters. The van der Waals surface area contributed by atoms with E-state index in [0.717, 1.165) is 0 Å². The summed E-state index contributed by atoms with van der Waals surface area (Å²) in [6.45, 7) is -0.261. The lowest BCUT2D eigenvalue weighted by Gasteiger charge is -2.12. The van der Waals surface area contributed by atoms with Crippen molar-refractivity contribution in [3.05, 3.63) is 42.5 Å². The number of rotatable bonds is 7. The van der Waals surface area contributed by atoms with Crippen molar-refractivity contribution in [2.24, 2.45) is 0 Å². The molecule has 0 heterocycles. The van der Waals surface area contributed by atoms with Gasteiger partial charge in [0.05, 0.1) is 30.5 Å². The van der Waals surface area contributed by atoms with Crippen LogP contribution in [0.4, 0.5) is 11.4 Å². The molecule has 0 unspecified atom stereocenters. The van der Waals surface area contributed by atoms with E-state index in [-0.39, 0.29) is 22.9 Å². The summed E-state index contributed by atoms with van der Waals surface area (Å²) in [4.78, 5) is 11.0. The summed E-state index contributed by atoms with van der Waals surface area (Å²) < 4.78 is 41.9. The van der Waals surface area contributed by atoms with Gasteiger partial charge in [-0.15, -0.1) is 0 Å².